The highest BCUT2D eigenvalue weighted by molar-refractivity contribution is 5.92. The van der Waals surface area contributed by atoms with Gasteiger partial charge in [0.2, 0.25) is 5.91 Å². The molecule has 21 heavy (non-hydrogen) atoms. The SMILES string of the molecule is COc1ccc(C)cc1NC(=O)CCc1c(C)noc1C. The van der Waals surface area contributed by atoms with Crippen molar-refractivity contribution in [3.63, 3.8) is 0 Å². The molecular formula is C16H20N2O3. The molecule has 1 aromatic heterocycles. The summed E-state index contributed by atoms with van der Waals surface area (Å²) in [6, 6.07) is 5.68. The summed E-state index contributed by atoms with van der Waals surface area (Å²) in [7, 11) is 1.59. The largest absolute Gasteiger partial charge is 0.495 e. The first-order valence-corrected chi connectivity index (χ1v) is 6.87. The molecule has 112 valence electrons. The topological polar surface area (TPSA) is 64.4 Å². The van der Waals surface area contributed by atoms with Crippen molar-refractivity contribution >= 4 is 11.6 Å². The second-order valence-corrected chi connectivity index (χ2v) is 5.05. The number of nitrogens with zero attached hydrogens (tertiary/aromatic N) is 1. The quantitative estimate of drug-likeness (QED) is 0.917. The van der Waals surface area contributed by atoms with Crippen LogP contribution in [0.2, 0.25) is 0 Å². The molecule has 0 spiro atoms. The van der Waals surface area contributed by atoms with Crippen LogP contribution in [-0.4, -0.2) is 18.2 Å². The molecule has 2 rings (SSSR count). The third-order valence-electron chi connectivity index (χ3n) is 3.41. The average molecular weight is 288 g/mol. The van der Waals surface area contributed by atoms with Gasteiger partial charge in [-0.25, -0.2) is 0 Å². The number of rotatable bonds is 5. The first-order valence-electron chi connectivity index (χ1n) is 6.87. The van der Waals surface area contributed by atoms with Gasteiger partial charge >= 0.3 is 0 Å². The zero-order valence-electron chi connectivity index (χ0n) is 12.8. The van der Waals surface area contributed by atoms with Crippen LogP contribution in [0.4, 0.5) is 5.69 Å². The number of nitrogens with one attached hydrogen (secondary N) is 1. The molecule has 1 heterocycles. The standard InChI is InChI=1S/C16H20N2O3/c1-10-5-7-15(20-4)14(9-10)17-16(19)8-6-13-11(2)18-21-12(13)3/h5,7,9H,6,8H2,1-4H3,(H,17,19). The number of amides is 1. The predicted molar refractivity (Wildman–Crippen MR) is 80.7 cm³/mol. The molecule has 0 unspecified atom stereocenters. The van der Waals surface area contributed by atoms with Gasteiger partial charge in [-0.3, -0.25) is 4.79 Å². The Balaban J connectivity index is 2.01. The van der Waals surface area contributed by atoms with Gasteiger partial charge in [-0.15, -0.1) is 0 Å². The third-order valence-corrected chi connectivity index (χ3v) is 3.41. The van der Waals surface area contributed by atoms with Crippen LogP contribution in [-0.2, 0) is 11.2 Å². The Labute approximate surface area is 124 Å². The number of aromatic nitrogens is 1. The molecular weight excluding hydrogens is 268 g/mol. The maximum absolute atomic E-state index is 12.1. The fourth-order valence-electron chi connectivity index (χ4n) is 2.23. The predicted octanol–water partition coefficient (Wildman–Crippen LogP) is 3.18. The summed E-state index contributed by atoms with van der Waals surface area (Å²) in [6.45, 7) is 5.71. The van der Waals surface area contributed by atoms with Crippen LogP contribution >= 0.6 is 0 Å². The summed E-state index contributed by atoms with van der Waals surface area (Å²) in [4.78, 5) is 12.1. The van der Waals surface area contributed by atoms with E-state index in [1.807, 2.05) is 39.0 Å². The lowest BCUT2D eigenvalue weighted by Crippen LogP contribution is -2.13. The zero-order valence-corrected chi connectivity index (χ0v) is 12.8. The van der Waals surface area contributed by atoms with E-state index in [9.17, 15) is 4.79 Å². The van der Waals surface area contributed by atoms with E-state index in [1.54, 1.807) is 7.11 Å². The van der Waals surface area contributed by atoms with E-state index in [2.05, 4.69) is 10.5 Å². The third kappa shape index (κ3) is 3.62. The summed E-state index contributed by atoms with van der Waals surface area (Å²) in [5, 5.41) is 6.78. The summed E-state index contributed by atoms with van der Waals surface area (Å²) in [5.74, 6) is 1.37. The van der Waals surface area contributed by atoms with Crippen LogP contribution in [0.3, 0.4) is 0 Å². The molecule has 5 heteroatoms. The molecule has 5 nitrogen and oxygen atoms in total. The maximum Gasteiger partial charge on any atom is 0.224 e. The van der Waals surface area contributed by atoms with E-state index < -0.39 is 0 Å². The second kappa shape index (κ2) is 6.43. The molecule has 1 aromatic carbocycles. The van der Waals surface area contributed by atoms with Gasteiger partial charge in [-0.2, -0.15) is 0 Å². The van der Waals surface area contributed by atoms with Crippen molar-refractivity contribution in [2.75, 3.05) is 12.4 Å². The minimum absolute atomic E-state index is 0.0566. The highest BCUT2D eigenvalue weighted by atomic mass is 16.5. The summed E-state index contributed by atoms with van der Waals surface area (Å²) < 4.78 is 10.3. The van der Waals surface area contributed by atoms with Crippen molar-refractivity contribution in [3.05, 3.63) is 40.8 Å². The average Bonchev–Trinajstić information content (AvgIpc) is 2.76. The molecule has 0 fully saturated rings. The first kappa shape index (κ1) is 15.1. The molecule has 1 N–H and O–H groups in total. The molecule has 0 radical (unpaired) electrons. The molecule has 0 saturated carbocycles. The molecule has 0 aliphatic heterocycles. The van der Waals surface area contributed by atoms with E-state index in [1.165, 1.54) is 0 Å². The van der Waals surface area contributed by atoms with Crippen molar-refractivity contribution in [2.24, 2.45) is 0 Å². The number of carbonyl (C=O) groups is 1. The fraction of sp³-hybridized carbons (Fsp3) is 0.375. The van der Waals surface area contributed by atoms with E-state index in [-0.39, 0.29) is 5.91 Å². The van der Waals surface area contributed by atoms with Crippen LogP contribution in [0.25, 0.3) is 0 Å². The van der Waals surface area contributed by atoms with Crippen LogP contribution in [0.5, 0.6) is 5.75 Å². The van der Waals surface area contributed by atoms with Crippen LogP contribution in [0.1, 0.15) is 29.0 Å². The Hall–Kier alpha value is -2.30. The minimum atomic E-state index is -0.0566. The molecule has 0 aliphatic rings. The lowest BCUT2D eigenvalue weighted by Gasteiger charge is -2.11. The van der Waals surface area contributed by atoms with E-state index >= 15 is 0 Å². The molecule has 0 aliphatic carbocycles. The van der Waals surface area contributed by atoms with Crippen molar-refractivity contribution in [1.82, 2.24) is 5.16 Å². The van der Waals surface area contributed by atoms with E-state index in [0.717, 1.165) is 22.6 Å². The number of aryl methyl sites for hydroxylation is 3. The second-order valence-electron chi connectivity index (χ2n) is 5.05. The Morgan fingerprint density at radius 3 is 2.71 bits per heavy atom. The summed E-state index contributed by atoms with van der Waals surface area (Å²) in [6.07, 6.45) is 0.987. The van der Waals surface area contributed by atoms with Gasteiger partial charge in [0.15, 0.2) is 0 Å². The number of anilines is 1. The Kier molecular flexibility index (Phi) is 4.62. The summed E-state index contributed by atoms with van der Waals surface area (Å²) >= 11 is 0. The normalized spacial score (nSPS) is 10.5. The van der Waals surface area contributed by atoms with Crippen molar-refractivity contribution in [3.8, 4) is 5.75 Å². The smallest absolute Gasteiger partial charge is 0.224 e. The summed E-state index contributed by atoms with van der Waals surface area (Å²) in [5.41, 5.74) is 3.60. The van der Waals surface area contributed by atoms with Crippen LogP contribution < -0.4 is 10.1 Å². The molecule has 0 bridgehead atoms. The monoisotopic (exact) mass is 288 g/mol. The van der Waals surface area contributed by atoms with Gasteiger partial charge in [-0.05, 0) is 44.9 Å². The number of carbonyl (C=O) groups excluding carboxylic acids is 1. The van der Waals surface area contributed by atoms with Crippen LogP contribution in [0, 0.1) is 20.8 Å². The highest BCUT2D eigenvalue weighted by Crippen LogP contribution is 2.25. The highest BCUT2D eigenvalue weighted by Gasteiger charge is 2.12. The molecule has 2 aromatic rings. The van der Waals surface area contributed by atoms with Gasteiger partial charge in [0.05, 0.1) is 18.5 Å². The molecule has 1 amide bonds. The van der Waals surface area contributed by atoms with Crippen molar-refractivity contribution < 1.29 is 14.1 Å². The molecule has 0 saturated heterocycles. The number of ether oxygens (including phenoxy) is 1. The minimum Gasteiger partial charge on any atom is -0.495 e. The van der Waals surface area contributed by atoms with Crippen molar-refractivity contribution in [1.29, 1.82) is 0 Å². The lowest BCUT2D eigenvalue weighted by atomic mass is 10.1. The maximum atomic E-state index is 12.1. The van der Waals surface area contributed by atoms with Gasteiger partial charge in [0.25, 0.3) is 0 Å². The number of hydrogen-bond donors (Lipinski definition) is 1. The Morgan fingerprint density at radius 2 is 2.10 bits per heavy atom. The van der Waals surface area contributed by atoms with Crippen LogP contribution in [0.15, 0.2) is 22.7 Å². The van der Waals surface area contributed by atoms with Gasteiger partial charge < -0.3 is 14.6 Å². The van der Waals surface area contributed by atoms with Gasteiger partial charge in [0.1, 0.15) is 11.5 Å². The lowest BCUT2D eigenvalue weighted by molar-refractivity contribution is -0.116. The number of hydrogen-bond acceptors (Lipinski definition) is 4. The first-order chi connectivity index (χ1) is 10.0. The number of benzene rings is 1. The van der Waals surface area contributed by atoms with Gasteiger partial charge in [-0.1, -0.05) is 11.2 Å². The fourth-order valence-corrected chi connectivity index (χ4v) is 2.23. The van der Waals surface area contributed by atoms with E-state index in [0.29, 0.717) is 24.3 Å². The Morgan fingerprint density at radius 1 is 1.33 bits per heavy atom. The van der Waals surface area contributed by atoms with Crippen molar-refractivity contribution in [2.45, 2.75) is 33.6 Å². The van der Waals surface area contributed by atoms with Gasteiger partial charge in [0, 0.05) is 12.0 Å². The Bertz CT molecular complexity index is 627. The zero-order chi connectivity index (χ0) is 15.4. The van der Waals surface area contributed by atoms with E-state index in [4.69, 9.17) is 9.26 Å². The number of methoxy groups -OCH3 is 1. The molecule has 0 atom stereocenters.